The quantitative estimate of drug-likeness (QED) is 0.813. The number of anilines is 1. The Hall–Kier alpha value is -2.22. The minimum atomic E-state index is -0.697. The van der Waals surface area contributed by atoms with E-state index in [0.29, 0.717) is 18.2 Å². The third-order valence-electron chi connectivity index (χ3n) is 3.25. The summed E-state index contributed by atoms with van der Waals surface area (Å²) in [4.78, 5) is 28.6. The minimum Gasteiger partial charge on any atom is -0.347 e. The van der Waals surface area contributed by atoms with Crippen LogP contribution in [0, 0.1) is 26.7 Å². The van der Waals surface area contributed by atoms with Gasteiger partial charge in [0.1, 0.15) is 0 Å². The summed E-state index contributed by atoms with van der Waals surface area (Å²) in [7, 11) is 0. The molecule has 0 saturated heterocycles. The Balaban J connectivity index is 1.79. The van der Waals surface area contributed by atoms with Crippen molar-refractivity contribution < 1.29 is 9.59 Å². The van der Waals surface area contributed by atoms with Gasteiger partial charge in [-0.25, -0.2) is 4.98 Å². The minimum absolute atomic E-state index is 0.159. The molecule has 8 heteroatoms. The van der Waals surface area contributed by atoms with Crippen molar-refractivity contribution in [2.45, 2.75) is 34.2 Å². The van der Waals surface area contributed by atoms with Crippen LogP contribution in [0.15, 0.2) is 12.3 Å². The van der Waals surface area contributed by atoms with Crippen LogP contribution in [0.3, 0.4) is 0 Å². The zero-order valence-electron chi connectivity index (χ0n) is 13.7. The summed E-state index contributed by atoms with van der Waals surface area (Å²) in [6, 6.07) is 2.01. The zero-order valence-corrected chi connectivity index (χ0v) is 14.5. The van der Waals surface area contributed by atoms with Crippen molar-refractivity contribution in [3.63, 3.8) is 0 Å². The summed E-state index contributed by atoms with van der Waals surface area (Å²) in [5.41, 5.74) is 2.05. The van der Waals surface area contributed by atoms with E-state index in [1.54, 1.807) is 6.20 Å². The van der Waals surface area contributed by atoms with E-state index in [4.69, 9.17) is 0 Å². The maximum Gasteiger partial charge on any atom is 0.315 e. The molecule has 0 spiro atoms. The Morgan fingerprint density at radius 1 is 1.30 bits per heavy atom. The van der Waals surface area contributed by atoms with E-state index < -0.39 is 11.8 Å². The molecule has 2 aromatic rings. The zero-order chi connectivity index (χ0) is 17.0. The summed E-state index contributed by atoms with van der Waals surface area (Å²) < 4.78 is 1.91. The molecule has 0 aromatic carbocycles. The molecule has 2 heterocycles. The molecule has 0 bridgehead atoms. The molecule has 0 aliphatic heterocycles. The summed E-state index contributed by atoms with van der Waals surface area (Å²) in [6.45, 7) is 8.91. The van der Waals surface area contributed by atoms with Crippen LogP contribution in [0.4, 0.5) is 5.13 Å². The highest BCUT2D eigenvalue weighted by Crippen LogP contribution is 2.16. The SMILES string of the molecule is Cc1cc(C)n(C[C@H](C)CNC(=O)C(=O)Nc2ncc(C)s2)n1. The molecule has 1 atom stereocenters. The van der Waals surface area contributed by atoms with E-state index in [1.807, 2.05) is 38.4 Å². The van der Waals surface area contributed by atoms with Crippen LogP contribution in [-0.2, 0) is 16.1 Å². The molecular weight excluding hydrogens is 314 g/mol. The molecule has 0 radical (unpaired) electrons. The predicted octanol–water partition coefficient (Wildman–Crippen LogP) is 1.66. The fourth-order valence-electron chi connectivity index (χ4n) is 2.13. The van der Waals surface area contributed by atoms with Crippen molar-refractivity contribution in [2.24, 2.45) is 5.92 Å². The van der Waals surface area contributed by atoms with Gasteiger partial charge in [0.05, 0.1) is 5.69 Å². The van der Waals surface area contributed by atoms with Crippen molar-refractivity contribution in [1.29, 1.82) is 0 Å². The summed E-state index contributed by atoms with van der Waals surface area (Å²) in [6.07, 6.45) is 1.65. The van der Waals surface area contributed by atoms with Gasteiger partial charge >= 0.3 is 11.8 Å². The Labute approximate surface area is 139 Å². The maximum absolute atomic E-state index is 11.8. The number of amides is 2. The third kappa shape index (κ3) is 4.88. The Bertz CT molecular complexity index is 707. The second kappa shape index (κ2) is 7.36. The van der Waals surface area contributed by atoms with Gasteiger partial charge in [0.15, 0.2) is 5.13 Å². The number of carbonyl (C=O) groups excluding carboxylic acids is 2. The van der Waals surface area contributed by atoms with Crippen LogP contribution in [0.5, 0.6) is 0 Å². The van der Waals surface area contributed by atoms with Gasteiger partial charge in [-0.1, -0.05) is 6.92 Å². The highest BCUT2D eigenvalue weighted by Gasteiger charge is 2.16. The number of thiazole rings is 1. The summed E-state index contributed by atoms with van der Waals surface area (Å²) in [5.74, 6) is -1.19. The lowest BCUT2D eigenvalue weighted by Gasteiger charge is -2.13. The molecule has 124 valence electrons. The summed E-state index contributed by atoms with van der Waals surface area (Å²) in [5, 5.41) is 9.95. The Morgan fingerprint density at radius 2 is 2.04 bits per heavy atom. The van der Waals surface area contributed by atoms with Crippen molar-refractivity contribution >= 4 is 28.3 Å². The number of aryl methyl sites for hydroxylation is 3. The third-order valence-corrected chi connectivity index (χ3v) is 4.08. The van der Waals surface area contributed by atoms with Crippen LogP contribution in [-0.4, -0.2) is 33.1 Å². The molecule has 2 N–H and O–H groups in total. The molecular formula is C15H21N5O2S. The second-order valence-corrected chi connectivity index (χ2v) is 6.89. The first-order valence-corrected chi connectivity index (χ1v) is 8.19. The largest absolute Gasteiger partial charge is 0.347 e. The molecule has 0 fully saturated rings. The van der Waals surface area contributed by atoms with E-state index in [0.717, 1.165) is 16.3 Å². The average molecular weight is 335 g/mol. The molecule has 0 unspecified atom stereocenters. The van der Waals surface area contributed by atoms with Gasteiger partial charge in [0.2, 0.25) is 0 Å². The Kier molecular flexibility index (Phi) is 5.49. The van der Waals surface area contributed by atoms with Crippen molar-refractivity contribution in [3.8, 4) is 0 Å². The highest BCUT2D eigenvalue weighted by atomic mass is 32.1. The van der Waals surface area contributed by atoms with Crippen LogP contribution in [0.1, 0.15) is 23.2 Å². The Morgan fingerprint density at radius 3 is 2.61 bits per heavy atom. The number of rotatable bonds is 5. The predicted molar refractivity (Wildman–Crippen MR) is 89.4 cm³/mol. The molecule has 2 aromatic heterocycles. The fraction of sp³-hybridized carbons (Fsp3) is 0.467. The van der Waals surface area contributed by atoms with Gasteiger partial charge in [-0.15, -0.1) is 11.3 Å². The highest BCUT2D eigenvalue weighted by molar-refractivity contribution is 7.15. The number of hydrogen-bond donors (Lipinski definition) is 2. The molecule has 0 aliphatic rings. The molecule has 2 rings (SSSR count). The number of hydrogen-bond acceptors (Lipinski definition) is 5. The topological polar surface area (TPSA) is 88.9 Å². The number of carbonyl (C=O) groups is 2. The van der Waals surface area contributed by atoms with E-state index in [-0.39, 0.29) is 5.92 Å². The second-order valence-electron chi connectivity index (χ2n) is 5.65. The van der Waals surface area contributed by atoms with Gasteiger partial charge in [0.25, 0.3) is 0 Å². The van der Waals surface area contributed by atoms with Crippen molar-refractivity contribution in [1.82, 2.24) is 20.1 Å². The van der Waals surface area contributed by atoms with Crippen LogP contribution < -0.4 is 10.6 Å². The van der Waals surface area contributed by atoms with Gasteiger partial charge in [0, 0.05) is 29.9 Å². The number of nitrogens with zero attached hydrogens (tertiary/aromatic N) is 3. The number of nitrogens with one attached hydrogen (secondary N) is 2. The van der Waals surface area contributed by atoms with E-state index >= 15 is 0 Å². The normalized spacial score (nSPS) is 12.0. The van der Waals surface area contributed by atoms with E-state index in [9.17, 15) is 9.59 Å². The number of aromatic nitrogens is 3. The van der Waals surface area contributed by atoms with Crippen LogP contribution in [0.25, 0.3) is 0 Å². The molecule has 0 aliphatic carbocycles. The van der Waals surface area contributed by atoms with Gasteiger partial charge in [-0.3, -0.25) is 19.6 Å². The lowest BCUT2D eigenvalue weighted by atomic mass is 10.2. The summed E-state index contributed by atoms with van der Waals surface area (Å²) >= 11 is 1.33. The van der Waals surface area contributed by atoms with Gasteiger partial charge < -0.3 is 5.32 Å². The maximum atomic E-state index is 11.8. The first-order valence-electron chi connectivity index (χ1n) is 7.38. The molecule has 2 amide bonds. The van der Waals surface area contributed by atoms with E-state index in [2.05, 4.69) is 20.7 Å². The monoisotopic (exact) mass is 335 g/mol. The van der Waals surface area contributed by atoms with Gasteiger partial charge in [-0.05, 0) is 32.8 Å². The standard InChI is InChI=1S/C15H21N5O2S/c1-9(8-20-11(3)5-10(2)19-20)6-16-13(21)14(22)18-15-17-7-12(4)23-15/h5,7,9H,6,8H2,1-4H3,(H,16,21)(H,17,18,22)/t9-/m1/s1. The smallest absolute Gasteiger partial charge is 0.315 e. The van der Waals surface area contributed by atoms with Crippen LogP contribution >= 0.6 is 11.3 Å². The van der Waals surface area contributed by atoms with Crippen LogP contribution in [0.2, 0.25) is 0 Å². The molecule has 7 nitrogen and oxygen atoms in total. The fourth-order valence-corrected chi connectivity index (χ4v) is 2.79. The first kappa shape index (κ1) is 17.1. The molecule has 0 saturated carbocycles. The van der Waals surface area contributed by atoms with E-state index in [1.165, 1.54) is 11.3 Å². The first-order chi connectivity index (χ1) is 10.8. The van der Waals surface area contributed by atoms with Crippen molar-refractivity contribution in [2.75, 3.05) is 11.9 Å². The lowest BCUT2D eigenvalue weighted by Crippen LogP contribution is -2.38. The molecule has 23 heavy (non-hydrogen) atoms. The van der Waals surface area contributed by atoms with Crippen molar-refractivity contribution in [3.05, 3.63) is 28.5 Å². The average Bonchev–Trinajstić information content (AvgIpc) is 3.01. The lowest BCUT2D eigenvalue weighted by molar-refractivity contribution is -0.136. The van der Waals surface area contributed by atoms with Gasteiger partial charge in [-0.2, -0.15) is 5.10 Å².